The van der Waals surface area contributed by atoms with Crippen LogP contribution in [0.4, 0.5) is 4.39 Å². The molecule has 0 unspecified atom stereocenters. The van der Waals surface area contributed by atoms with E-state index in [1.807, 2.05) is 26.8 Å². The van der Waals surface area contributed by atoms with Crippen molar-refractivity contribution in [3.63, 3.8) is 0 Å². The Morgan fingerprint density at radius 1 is 1.43 bits per heavy atom. The molecular formula is C12H14FN. The quantitative estimate of drug-likeness (QED) is 0.663. The van der Waals surface area contributed by atoms with Gasteiger partial charge in [0.25, 0.3) is 0 Å². The van der Waals surface area contributed by atoms with Gasteiger partial charge in [-0.2, -0.15) is 0 Å². The monoisotopic (exact) mass is 191 g/mol. The topological polar surface area (TPSA) is 12.9 Å². The van der Waals surface area contributed by atoms with Gasteiger partial charge in [0.05, 0.1) is 5.69 Å². The number of nitrogens with zero attached hydrogens (tertiary/aromatic N) is 1. The van der Waals surface area contributed by atoms with Gasteiger partial charge in [0, 0.05) is 23.7 Å². The van der Waals surface area contributed by atoms with E-state index in [1.165, 1.54) is 5.57 Å². The second-order valence-electron chi connectivity index (χ2n) is 4.21. The fourth-order valence-electron chi connectivity index (χ4n) is 1.81. The number of halogens is 1. The molecule has 0 radical (unpaired) electrons. The number of allylic oxidation sites excluding steroid dienone is 1. The SMILES string of the molecule is CC1=Cc2c(ncc(C(C)C)c2F)C1. The van der Waals surface area contributed by atoms with E-state index in [0.29, 0.717) is 5.56 Å². The molecule has 0 spiro atoms. The zero-order valence-corrected chi connectivity index (χ0v) is 8.76. The summed E-state index contributed by atoms with van der Waals surface area (Å²) < 4.78 is 13.9. The molecule has 0 fully saturated rings. The third kappa shape index (κ3) is 1.35. The Labute approximate surface area is 83.7 Å². The van der Waals surface area contributed by atoms with Gasteiger partial charge in [-0.15, -0.1) is 0 Å². The van der Waals surface area contributed by atoms with Crippen LogP contribution in [0.5, 0.6) is 0 Å². The summed E-state index contributed by atoms with van der Waals surface area (Å²) in [7, 11) is 0. The molecule has 14 heavy (non-hydrogen) atoms. The van der Waals surface area contributed by atoms with Crippen molar-refractivity contribution in [2.75, 3.05) is 0 Å². The van der Waals surface area contributed by atoms with Crippen molar-refractivity contribution in [2.24, 2.45) is 0 Å². The number of aromatic nitrogens is 1. The Hall–Kier alpha value is -1.18. The molecule has 1 nitrogen and oxygen atoms in total. The second-order valence-corrected chi connectivity index (χ2v) is 4.21. The van der Waals surface area contributed by atoms with Gasteiger partial charge in [0.1, 0.15) is 5.82 Å². The normalized spacial score (nSPS) is 14.5. The Kier molecular flexibility index (Phi) is 2.14. The van der Waals surface area contributed by atoms with E-state index in [1.54, 1.807) is 6.20 Å². The number of hydrogen-bond donors (Lipinski definition) is 0. The molecule has 0 bridgehead atoms. The summed E-state index contributed by atoms with van der Waals surface area (Å²) in [6.45, 7) is 5.98. The summed E-state index contributed by atoms with van der Waals surface area (Å²) in [6, 6.07) is 0. The third-order valence-corrected chi connectivity index (χ3v) is 2.62. The maximum absolute atomic E-state index is 13.9. The smallest absolute Gasteiger partial charge is 0.137 e. The molecule has 2 heteroatoms. The highest BCUT2D eigenvalue weighted by molar-refractivity contribution is 5.62. The van der Waals surface area contributed by atoms with Crippen molar-refractivity contribution >= 4 is 6.08 Å². The van der Waals surface area contributed by atoms with E-state index < -0.39 is 0 Å². The molecule has 74 valence electrons. The maximum atomic E-state index is 13.9. The van der Waals surface area contributed by atoms with Gasteiger partial charge >= 0.3 is 0 Å². The highest BCUT2D eigenvalue weighted by Crippen LogP contribution is 2.29. The summed E-state index contributed by atoms with van der Waals surface area (Å²) in [5.74, 6) is 0.115. The highest BCUT2D eigenvalue weighted by Gasteiger charge is 2.19. The van der Waals surface area contributed by atoms with Crippen LogP contribution in [-0.2, 0) is 6.42 Å². The first-order chi connectivity index (χ1) is 6.59. The van der Waals surface area contributed by atoms with E-state index in [0.717, 1.165) is 17.7 Å². The average Bonchev–Trinajstić information content (AvgIpc) is 2.46. The van der Waals surface area contributed by atoms with Crippen molar-refractivity contribution in [3.8, 4) is 0 Å². The Balaban J connectivity index is 2.57. The van der Waals surface area contributed by atoms with Gasteiger partial charge < -0.3 is 0 Å². The predicted molar refractivity (Wildman–Crippen MR) is 55.6 cm³/mol. The van der Waals surface area contributed by atoms with Crippen LogP contribution in [-0.4, -0.2) is 4.98 Å². The first-order valence-electron chi connectivity index (χ1n) is 4.94. The van der Waals surface area contributed by atoms with Crippen molar-refractivity contribution < 1.29 is 4.39 Å². The van der Waals surface area contributed by atoms with Crippen LogP contribution in [0, 0.1) is 5.82 Å². The number of rotatable bonds is 1. The molecular weight excluding hydrogens is 177 g/mol. The lowest BCUT2D eigenvalue weighted by Crippen LogP contribution is -2.00. The van der Waals surface area contributed by atoms with Crippen molar-refractivity contribution in [1.82, 2.24) is 4.98 Å². The summed E-state index contributed by atoms with van der Waals surface area (Å²) in [4.78, 5) is 4.30. The zero-order chi connectivity index (χ0) is 10.3. The average molecular weight is 191 g/mol. The van der Waals surface area contributed by atoms with Crippen molar-refractivity contribution in [3.05, 3.63) is 34.4 Å². The summed E-state index contributed by atoms with van der Waals surface area (Å²) in [5, 5.41) is 0. The highest BCUT2D eigenvalue weighted by atomic mass is 19.1. The largest absolute Gasteiger partial charge is 0.260 e. The summed E-state index contributed by atoms with van der Waals surface area (Å²) in [5.41, 5.74) is 3.49. The Bertz CT molecular complexity index is 405. The molecule has 0 amide bonds. The maximum Gasteiger partial charge on any atom is 0.137 e. The second kappa shape index (κ2) is 3.19. The number of hydrogen-bond acceptors (Lipinski definition) is 1. The van der Waals surface area contributed by atoms with Gasteiger partial charge in [-0.1, -0.05) is 25.5 Å². The zero-order valence-electron chi connectivity index (χ0n) is 8.76. The molecule has 1 aliphatic carbocycles. The molecule has 1 aromatic heterocycles. The van der Waals surface area contributed by atoms with Crippen molar-refractivity contribution in [1.29, 1.82) is 0 Å². The fraction of sp³-hybridized carbons (Fsp3) is 0.417. The molecule has 0 atom stereocenters. The molecule has 0 aliphatic heterocycles. The van der Waals surface area contributed by atoms with E-state index in [2.05, 4.69) is 4.98 Å². The lowest BCUT2D eigenvalue weighted by molar-refractivity contribution is 0.590. The van der Waals surface area contributed by atoms with Crippen LogP contribution in [0.2, 0.25) is 0 Å². The van der Waals surface area contributed by atoms with E-state index in [9.17, 15) is 4.39 Å². The van der Waals surface area contributed by atoms with Gasteiger partial charge in [-0.05, 0) is 12.8 Å². The van der Waals surface area contributed by atoms with E-state index >= 15 is 0 Å². The molecule has 2 rings (SSSR count). The number of fused-ring (bicyclic) bond motifs is 1. The fourth-order valence-corrected chi connectivity index (χ4v) is 1.81. The van der Waals surface area contributed by atoms with Gasteiger partial charge in [0.15, 0.2) is 0 Å². The minimum atomic E-state index is -0.0816. The van der Waals surface area contributed by atoms with Crippen LogP contribution in [0.25, 0.3) is 6.08 Å². The molecule has 1 aromatic rings. The lowest BCUT2D eigenvalue weighted by Gasteiger charge is -2.09. The number of pyridine rings is 1. The molecule has 1 aliphatic rings. The van der Waals surface area contributed by atoms with E-state index in [-0.39, 0.29) is 11.7 Å². The minimum absolute atomic E-state index is 0.0816. The Morgan fingerprint density at radius 3 is 2.79 bits per heavy atom. The van der Waals surface area contributed by atoms with Crippen LogP contribution in [0.1, 0.15) is 43.5 Å². The van der Waals surface area contributed by atoms with Crippen molar-refractivity contribution in [2.45, 2.75) is 33.1 Å². The van der Waals surface area contributed by atoms with Crippen LogP contribution in [0.3, 0.4) is 0 Å². The first-order valence-corrected chi connectivity index (χ1v) is 4.94. The van der Waals surface area contributed by atoms with Gasteiger partial charge in [-0.25, -0.2) is 4.39 Å². The summed E-state index contributed by atoms with van der Waals surface area (Å²) in [6.07, 6.45) is 4.37. The standard InChI is InChI=1S/C12H14FN/c1-7(2)10-6-14-11-5-8(3)4-9(11)12(10)13/h4,6-7H,5H2,1-3H3. The molecule has 1 heterocycles. The first kappa shape index (κ1) is 9.38. The molecule has 0 N–H and O–H groups in total. The molecule has 0 saturated heterocycles. The molecule has 0 saturated carbocycles. The van der Waals surface area contributed by atoms with Crippen LogP contribution < -0.4 is 0 Å². The predicted octanol–water partition coefficient (Wildman–Crippen LogP) is 3.30. The third-order valence-electron chi connectivity index (χ3n) is 2.62. The van der Waals surface area contributed by atoms with Gasteiger partial charge in [0.2, 0.25) is 0 Å². The molecule has 0 aromatic carbocycles. The van der Waals surface area contributed by atoms with Crippen LogP contribution >= 0.6 is 0 Å². The lowest BCUT2D eigenvalue weighted by atomic mass is 10.0. The van der Waals surface area contributed by atoms with E-state index in [4.69, 9.17) is 0 Å². The van der Waals surface area contributed by atoms with Crippen LogP contribution in [0.15, 0.2) is 11.8 Å². The Morgan fingerprint density at radius 2 is 2.14 bits per heavy atom. The summed E-state index contributed by atoms with van der Waals surface area (Å²) >= 11 is 0. The van der Waals surface area contributed by atoms with Gasteiger partial charge in [-0.3, -0.25) is 4.98 Å². The minimum Gasteiger partial charge on any atom is -0.260 e.